The lowest BCUT2D eigenvalue weighted by atomic mass is 9.99. The molecule has 7 unspecified atom stereocenters. The third-order valence-corrected chi connectivity index (χ3v) is 9.28. The zero-order chi connectivity index (χ0) is 38.8. The van der Waals surface area contributed by atoms with Crippen molar-refractivity contribution in [1.82, 2.24) is 5.32 Å². The smallest absolute Gasteiger partial charge is 0.220 e. The van der Waals surface area contributed by atoms with Crippen LogP contribution < -0.4 is 5.32 Å². The predicted octanol–water partition coefficient (Wildman–Crippen LogP) is 7.83. The van der Waals surface area contributed by atoms with Crippen LogP contribution in [0.4, 0.5) is 0 Å². The van der Waals surface area contributed by atoms with Crippen molar-refractivity contribution in [1.29, 1.82) is 0 Å². The normalized spacial score (nSPS) is 22.4. The predicted molar refractivity (Wildman–Crippen MR) is 216 cm³/mol. The molecular formula is C44H75NO8. The van der Waals surface area contributed by atoms with E-state index >= 15 is 0 Å². The van der Waals surface area contributed by atoms with Gasteiger partial charge in [-0.1, -0.05) is 151 Å². The van der Waals surface area contributed by atoms with Crippen molar-refractivity contribution in [2.45, 2.75) is 185 Å². The minimum absolute atomic E-state index is 0.213. The van der Waals surface area contributed by atoms with Crippen molar-refractivity contribution in [3.63, 3.8) is 0 Å². The molecule has 1 aliphatic heterocycles. The molecule has 0 bridgehead atoms. The Morgan fingerprint density at radius 3 is 1.79 bits per heavy atom. The number of ether oxygens (including phenoxy) is 2. The van der Waals surface area contributed by atoms with Crippen LogP contribution in [0.15, 0.2) is 72.9 Å². The van der Waals surface area contributed by atoms with Crippen molar-refractivity contribution in [2.75, 3.05) is 13.2 Å². The number of amides is 1. The molecule has 0 saturated carbocycles. The fraction of sp³-hybridized carbons (Fsp3) is 0.705. The van der Waals surface area contributed by atoms with Crippen molar-refractivity contribution >= 4 is 5.91 Å². The summed E-state index contributed by atoms with van der Waals surface area (Å²) < 4.78 is 11.1. The van der Waals surface area contributed by atoms with E-state index in [1.165, 1.54) is 70.6 Å². The molecular weight excluding hydrogens is 670 g/mol. The zero-order valence-electron chi connectivity index (χ0n) is 33.0. The van der Waals surface area contributed by atoms with E-state index in [0.29, 0.717) is 6.42 Å². The topological polar surface area (TPSA) is 149 Å². The minimum Gasteiger partial charge on any atom is -0.394 e. The van der Waals surface area contributed by atoms with Crippen LogP contribution in [0.1, 0.15) is 142 Å². The Hall–Kier alpha value is -2.37. The van der Waals surface area contributed by atoms with Crippen LogP contribution in [0.3, 0.4) is 0 Å². The van der Waals surface area contributed by atoms with Gasteiger partial charge in [0.25, 0.3) is 0 Å². The largest absolute Gasteiger partial charge is 0.394 e. The average Bonchev–Trinajstić information content (AvgIpc) is 3.16. The van der Waals surface area contributed by atoms with Crippen LogP contribution in [0.25, 0.3) is 0 Å². The average molecular weight is 746 g/mol. The summed E-state index contributed by atoms with van der Waals surface area (Å²) in [6.45, 7) is 3.56. The summed E-state index contributed by atoms with van der Waals surface area (Å²) in [5.41, 5.74) is 0. The molecule has 0 radical (unpaired) electrons. The summed E-state index contributed by atoms with van der Waals surface area (Å²) in [6.07, 6.45) is 38.2. The second-order valence-corrected chi connectivity index (χ2v) is 14.0. The van der Waals surface area contributed by atoms with E-state index in [1.54, 1.807) is 6.08 Å². The number of rotatable bonds is 32. The second-order valence-electron chi connectivity index (χ2n) is 14.0. The first kappa shape index (κ1) is 48.6. The van der Waals surface area contributed by atoms with Crippen molar-refractivity contribution in [2.24, 2.45) is 0 Å². The fourth-order valence-electron chi connectivity index (χ4n) is 5.94. The van der Waals surface area contributed by atoms with E-state index in [0.717, 1.165) is 44.9 Å². The summed E-state index contributed by atoms with van der Waals surface area (Å²) >= 11 is 0. The molecule has 1 aliphatic rings. The Morgan fingerprint density at radius 2 is 1.19 bits per heavy atom. The summed E-state index contributed by atoms with van der Waals surface area (Å²) in [5.74, 6) is -0.271. The summed E-state index contributed by atoms with van der Waals surface area (Å²) in [4.78, 5) is 12.8. The Labute approximate surface area is 321 Å². The van der Waals surface area contributed by atoms with Gasteiger partial charge in [0.1, 0.15) is 24.4 Å². The Morgan fingerprint density at radius 1 is 0.660 bits per heavy atom. The van der Waals surface area contributed by atoms with E-state index in [4.69, 9.17) is 9.47 Å². The molecule has 1 rings (SSSR count). The van der Waals surface area contributed by atoms with E-state index in [2.05, 4.69) is 67.8 Å². The van der Waals surface area contributed by atoms with Gasteiger partial charge in [0.15, 0.2) is 6.29 Å². The number of nitrogens with one attached hydrogen (secondary N) is 1. The van der Waals surface area contributed by atoms with E-state index in [9.17, 15) is 30.3 Å². The minimum atomic E-state index is -1.59. The van der Waals surface area contributed by atoms with Gasteiger partial charge < -0.3 is 40.3 Å². The van der Waals surface area contributed by atoms with Crippen LogP contribution in [0.5, 0.6) is 0 Å². The maximum absolute atomic E-state index is 12.8. The molecule has 0 aromatic rings. The molecule has 0 spiro atoms. The van der Waals surface area contributed by atoms with Gasteiger partial charge in [-0.3, -0.25) is 4.79 Å². The maximum Gasteiger partial charge on any atom is 0.220 e. The molecule has 9 nitrogen and oxygen atoms in total. The number of carbonyl (C=O) groups is 1. The number of hydrogen-bond acceptors (Lipinski definition) is 8. The highest BCUT2D eigenvalue weighted by atomic mass is 16.7. The van der Waals surface area contributed by atoms with Gasteiger partial charge in [-0.2, -0.15) is 0 Å². The summed E-state index contributed by atoms with van der Waals surface area (Å²) in [6, 6.07) is -0.861. The van der Waals surface area contributed by atoms with Crippen LogP contribution in [0, 0.1) is 0 Å². The SMILES string of the molecule is CC/C=C\C/C=C\C/C=C\C/C=C\CCC(=O)NC(COC1OC(CO)C(O)C(O)C1O)C(O)/C=C/CC/C=C/CCCCCCCCCCCCC. The highest BCUT2D eigenvalue weighted by molar-refractivity contribution is 5.76. The monoisotopic (exact) mass is 746 g/mol. The third kappa shape index (κ3) is 25.4. The van der Waals surface area contributed by atoms with Gasteiger partial charge >= 0.3 is 0 Å². The molecule has 0 aromatic heterocycles. The third-order valence-electron chi connectivity index (χ3n) is 9.28. The first-order valence-corrected chi connectivity index (χ1v) is 20.7. The van der Waals surface area contributed by atoms with Gasteiger partial charge in [-0.05, 0) is 57.8 Å². The zero-order valence-corrected chi connectivity index (χ0v) is 33.0. The Balaban J connectivity index is 2.50. The number of aliphatic hydroxyl groups is 5. The van der Waals surface area contributed by atoms with E-state index in [1.807, 2.05) is 18.2 Å². The summed E-state index contributed by atoms with van der Waals surface area (Å²) in [5, 5.41) is 53.9. The fourth-order valence-corrected chi connectivity index (χ4v) is 5.94. The Kier molecular flexibility index (Phi) is 31.3. The van der Waals surface area contributed by atoms with Crippen molar-refractivity contribution < 1.29 is 39.8 Å². The lowest BCUT2D eigenvalue weighted by Crippen LogP contribution is -2.60. The van der Waals surface area contributed by atoms with Crippen LogP contribution >= 0.6 is 0 Å². The standard InChI is InChI=1S/C44H75NO8/c1-3-5-7-9-11-13-15-17-18-19-20-22-23-25-27-29-31-33-38(47)37(36-52-44-43(51)42(50)41(49)39(35-46)53-44)45-40(48)34-32-30-28-26-24-21-16-14-12-10-8-6-4-2/h6,8,12,14,21,23-25,28,30-31,33,37-39,41-44,46-47,49-51H,3-5,7,9-11,13,15-20,22,26-27,29,32,34-36H2,1-2H3,(H,45,48)/b8-6-,14-12-,24-21-,25-23+,30-28-,33-31+. The molecule has 0 aliphatic carbocycles. The number of hydrogen-bond donors (Lipinski definition) is 6. The first-order valence-electron chi connectivity index (χ1n) is 20.7. The van der Waals surface area contributed by atoms with Gasteiger partial charge in [0, 0.05) is 6.42 Å². The number of aliphatic hydroxyl groups excluding tert-OH is 5. The number of unbranched alkanes of at least 4 members (excludes halogenated alkanes) is 12. The lowest BCUT2D eigenvalue weighted by Gasteiger charge is -2.40. The molecule has 7 atom stereocenters. The highest BCUT2D eigenvalue weighted by Gasteiger charge is 2.44. The van der Waals surface area contributed by atoms with Crippen LogP contribution in [-0.4, -0.2) is 87.5 Å². The molecule has 0 aromatic carbocycles. The van der Waals surface area contributed by atoms with Gasteiger partial charge in [0.05, 0.1) is 25.4 Å². The van der Waals surface area contributed by atoms with Gasteiger partial charge in [-0.15, -0.1) is 0 Å². The molecule has 304 valence electrons. The van der Waals surface area contributed by atoms with Gasteiger partial charge in [0.2, 0.25) is 5.91 Å². The summed E-state index contributed by atoms with van der Waals surface area (Å²) in [7, 11) is 0. The lowest BCUT2D eigenvalue weighted by molar-refractivity contribution is -0.302. The molecule has 9 heteroatoms. The number of allylic oxidation sites excluding steroid dienone is 11. The highest BCUT2D eigenvalue weighted by Crippen LogP contribution is 2.22. The van der Waals surface area contributed by atoms with Crippen LogP contribution in [0.2, 0.25) is 0 Å². The van der Waals surface area contributed by atoms with E-state index < -0.39 is 49.5 Å². The van der Waals surface area contributed by atoms with Crippen LogP contribution in [-0.2, 0) is 14.3 Å². The van der Waals surface area contributed by atoms with Crippen molar-refractivity contribution in [3.8, 4) is 0 Å². The molecule has 1 heterocycles. The van der Waals surface area contributed by atoms with Crippen molar-refractivity contribution in [3.05, 3.63) is 72.9 Å². The first-order chi connectivity index (χ1) is 25.8. The maximum atomic E-state index is 12.8. The molecule has 1 fully saturated rings. The molecule has 6 N–H and O–H groups in total. The molecule has 1 saturated heterocycles. The number of carbonyl (C=O) groups excluding carboxylic acids is 1. The second kappa shape index (κ2) is 34.1. The quantitative estimate of drug-likeness (QED) is 0.0302. The molecule has 53 heavy (non-hydrogen) atoms. The van der Waals surface area contributed by atoms with E-state index in [-0.39, 0.29) is 18.9 Å². The Bertz CT molecular complexity index is 1050. The van der Waals surface area contributed by atoms with Gasteiger partial charge in [-0.25, -0.2) is 0 Å². The molecule has 1 amide bonds.